The van der Waals surface area contributed by atoms with Crippen LogP contribution in [-0.4, -0.2) is 44.9 Å². The van der Waals surface area contributed by atoms with E-state index in [1.165, 1.54) is 0 Å². The zero-order valence-electron chi connectivity index (χ0n) is 13.3. The van der Waals surface area contributed by atoms with Crippen LogP contribution in [0.3, 0.4) is 0 Å². The Morgan fingerprint density at radius 3 is 2.79 bits per heavy atom. The number of nitrogens with one attached hydrogen (secondary N) is 1. The Bertz CT molecular complexity index is 744. The molecular formula is C16H19FN6O. The van der Waals surface area contributed by atoms with Crippen molar-refractivity contribution in [1.29, 1.82) is 0 Å². The number of halogens is 1. The van der Waals surface area contributed by atoms with Crippen LogP contribution in [0.25, 0.3) is 5.82 Å². The molecule has 0 spiro atoms. The highest BCUT2D eigenvalue weighted by molar-refractivity contribution is 5.97. The van der Waals surface area contributed by atoms with Crippen LogP contribution in [0.4, 0.5) is 10.2 Å². The summed E-state index contributed by atoms with van der Waals surface area (Å²) in [7, 11) is 0. The first-order valence-corrected chi connectivity index (χ1v) is 8.29. The molecule has 0 bridgehead atoms. The van der Waals surface area contributed by atoms with E-state index >= 15 is 0 Å². The molecule has 7 nitrogen and oxygen atoms in total. The summed E-state index contributed by atoms with van der Waals surface area (Å²) in [4.78, 5) is 22.4. The third-order valence-corrected chi connectivity index (χ3v) is 4.50. The first kappa shape index (κ1) is 15.0. The fraction of sp³-hybridized carbons (Fsp3) is 0.500. The summed E-state index contributed by atoms with van der Waals surface area (Å²) in [5.74, 6) is 1.11. The minimum absolute atomic E-state index is 0.115. The molecule has 1 unspecified atom stereocenters. The lowest BCUT2D eigenvalue weighted by atomic mass is 10.1. The predicted octanol–water partition coefficient (Wildman–Crippen LogP) is 1.62. The predicted molar refractivity (Wildman–Crippen MR) is 85.9 cm³/mol. The van der Waals surface area contributed by atoms with Crippen molar-refractivity contribution in [3.63, 3.8) is 0 Å². The van der Waals surface area contributed by atoms with E-state index in [0.29, 0.717) is 36.7 Å². The molecule has 1 amide bonds. The average Bonchev–Trinajstić information content (AvgIpc) is 3.13. The van der Waals surface area contributed by atoms with E-state index in [0.717, 1.165) is 31.5 Å². The van der Waals surface area contributed by atoms with Crippen LogP contribution in [0.15, 0.2) is 18.6 Å². The van der Waals surface area contributed by atoms with Gasteiger partial charge in [0.1, 0.15) is 12.0 Å². The average molecular weight is 330 g/mol. The number of fused-ring (bicyclic) bond motifs is 1. The van der Waals surface area contributed by atoms with Crippen LogP contribution in [0.1, 0.15) is 41.7 Å². The Balaban J connectivity index is 1.54. The molecule has 4 rings (SSSR count). The summed E-state index contributed by atoms with van der Waals surface area (Å²) in [5.41, 5.74) is 1.29. The molecule has 2 aliphatic rings. The Hall–Kier alpha value is -2.51. The van der Waals surface area contributed by atoms with Crippen molar-refractivity contribution < 1.29 is 9.18 Å². The van der Waals surface area contributed by atoms with Gasteiger partial charge in [-0.25, -0.2) is 19.0 Å². The highest BCUT2D eigenvalue weighted by Crippen LogP contribution is 2.20. The summed E-state index contributed by atoms with van der Waals surface area (Å²) in [6.45, 7) is 1.60. The second-order valence-corrected chi connectivity index (χ2v) is 6.24. The van der Waals surface area contributed by atoms with E-state index in [1.54, 1.807) is 23.3 Å². The fourth-order valence-electron chi connectivity index (χ4n) is 3.18. The maximum Gasteiger partial charge on any atom is 0.255 e. The Morgan fingerprint density at radius 2 is 2.00 bits per heavy atom. The minimum atomic E-state index is -0.820. The largest absolute Gasteiger partial charge is 0.352 e. The van der Waals surface area contributed by atoms with Crippen molar-refractivity contribution >= 4 is 11.7 Å². The number of nitrogens with zero attached hydrogens (tertiary/aromatic N) is 5. The Labute approximate surface area is 138 Å². The third-order valence-electron chi connectivity index (χ3n) is 4.50. The monoisotopic (exact) mass is 330 g/mol. The first-order chi connectivity index (χ1) is 11.7. The number of rotatable bonds is 2. The lowest BCUT2D eigenvalue weighted by molar-refractivity contribution is 0.0965. The van der Waals surface area contributed by atoms with Crippen LogP contribution in [0, 0.1) is 0 Å². The van der Waals surface area contributed by atoms with E-state index in [4.69, 9.17) is 0 Å². The standard InChI is InChI=1S/C16H19FN6O/c17-11-4-2-1-3-5-22(9-11)14-7-19-15(8-18-14)23-10-12-13(21-23)6-20-16(12)24/h7-8,10-11H,1-6,9H2,(H,20,24). The van der Waals surface area contributed by atoms with Gasteiger partial charge in [-0.05, 0) is 12.8 Å². The SMILES string of the molecule is O=C1NCc2nn(-c3cnc(N4CCCCCC(F)C4)cn3)cc21. The minimum Gasteiger partial charge on any atom is -0.352 e. The highest BCUT2D eigenvalue weighted by atomic mass is 19.1. The van der Waals surface area contributed by atoms with Crippen molar-refractivity contribution in [2.24, 2.45) is 0 Å². The van der Waals surface area contributed by atoms with Gasteiger partial charge in [0.05, 0.1) is 36.7 Å². The normalized spacial score (nSPS) is 21.1. The van der Waals surface area contributed by atoms with Gasteiger partial charge in [0.15, 0.2) is 5.82 Å². The van der Waals surface area contributed by atoms with E-state index in [9.17, 15) is 9.18 Å². The molecule has 8 heteroatoms. The second kappa shape index (κ2) is 6.18. The van der Waals surface area contributed by atoms with Gasteiger partial charge >= 0.3 is 0 Å². The van der Waals surface area contributed by atoms with Gasteiger partial charge in [-0.3, -0.25) is 4.79 Å². The van der Waals surface area contributed by atoms with Crippen molar-refractivity contribution in [2.45, 2.75) is 38.4 Å². The summed E-state index contributed by atoms with van der Waals surface area (Å²) >= 11 is 0. The molecule has 0 aliphatic carbocycles. The van der Waals surface area contributed by atoms with Gasteiger partial charge in [-0.2, -0.15) is 5.10 Å². The maximum absolute atomic E-state index is 13.9. The number of hydrogen-bond acceptors (Lipinski definition) is 5. The van der Waals surface area contributed by atoms with Gasteiger partial charge in [-0.15, -0.1) is 0 Å². The molecule has 2 aromatic rings. The molecule has 2 aromatic heterocycles. The molecule has 1 saturated heterocycles. The van der Waals surface area contributed by atoms with E-state index < -0.39 is 6.17 Å². The molecule has 24 heavy (non-hydrogen) atoms. The van der Waals surface area contributed by atoms with Gasteiger partial charge in [0.25, 0.3) is 5.91 Å². The van der Waals surface area contributed by atoms with Crippen LogP contribution in [-0.2, 0) is 6.54 Å². The molecule has 1 N–H and O–H groups in total. The van der Waals surface area contributed by atoms with Gasteiger partial charge in [0.2, 0.25) is 0 Å². The van der Waals surface area contributed by atoms with Crippen LogP contribution >= 0.6 is 0 Å². The van der Waals surface area contributed by atoms with Gasteiger partial charge < -0.3 is 10.2 Å². The van der Waals surface area contributed by atoms with Crippen LogP contribution < -0.4 is 10.2 Å². The quantitative estimate of drug-likeness (QED) is 0.906. The first-order valence-electron chi connectivity index (χ1n) is 8.29. The Morgan fingerprint density at radius 1 is 1.17 bits per heavy atom. The summed E-state index contributed by atoms with van der Waals surface area (Å²) in [5, 5.41) is 7.07. The molecular weight excluding hydrogens is 311 g/mol. The Kier molecular flexibility index (Phi) is 3.87. The molecule has 1 atom stereocenters. The number of carbonyl (C=O) groups is 1. The zero-order chi connectivity index (χ0) is 16.5. The van der Waals surface area contributed by atoms with Crippen LogP contribution in [0.5, 0.6) is 0 Å². The van der Waals surface area contributed by atoms with Gasteiger partial charge in [0, 0.05) is 12.7 Å². The number of aromatic nitrogens is 4. The third kappa shape index (κ3) is 2.83. The topological polar surface area (TPSA) is 75.9 Å². The summed E-state index contributed by atoms with van der Waals surface area (Å²) < 4.78 is 15.5. The summed E-state index contributed by atoms with van der Waals surface area (Å²) in [6.07, 6.45) is 7.76. The molecule has 2 aliphatic heterocycles. The van der Waals surface area contributed by atoms with Crippen molar-refractivity contribution in [1.82, 2.24) is 25.1 Å². The molecule has 1 fully saturated rings. The van der Waals surface area contributed by atoms with Gasteiger partial charge in [-0.1, -0.05) is 12.8 Å². The maximum atomic E-state index is 13.9. The molecule has 126 valence electrons. The summed E-state index contributed by atoms with van der Waals surface area (Å²) in [6, 6.07) is 0. The molecule has 0 aromatic carbocycles. The number of anilines is 1. The number of hydrogen-bond donors (Lipinski definition) is 1. The van der Waals surface area contributed by atoms with Crippen LogP contribution in [0.2, 0.25) is 0 Å². The molecule has 4 heterocycles. The fourth-order valence-corrected chi connectivity index (χ4v) is 3.18. The van der Waals surface area contributed by atoms with E-state index in [-0.39, 0.29) is 5.91 Å². The second-order valence-electron chi connectivity index (χ2n) is 6.24. The van der Waals surface area contributed by atoms with E-state index in [1.807, 2.05) is 4.90 Å². The molecule has 0 saturated carbocycles. The highest BCUT2D eigenvalue weighted by Gasteiger charge is 2.23. The number of amides is 1. The smallest absolute Gasteiger partial charge is 0.255 e. The van der Waals surface area contributed by atoms with Crippen molar-refractivity contribution in [3.05, 3.63) is 29.8 Å². The number of alkyl halides is 1. The van der Waals surface area contributed by atoms with Crippen molar-refractivity contribution in [3.8, 4) is 5.82 Å². The lowest BCUT2D eigenvalue weighted by Gasteiger charge is -2.27. The van der Waals surface area contributed by atoms with E-state index in [2.05, 4.69) is 20.4 Å². The zero-order valence-corrected chi connectivity index (χ0v) is 13.3. The number of carbonyl (C=O) groups excluding carboxylic acids is 1. The lowest BCUT2D eigenvalue weighted by Crippen LogP contribution is -2.33. The van der Waals surface area contributed by atoms with Crippen molar-refractivity contribution in [2.75, 3.05) is 18.0 Å². The molecule has 0 radical (unpaired) electrons.